The van der Waals surface area contributed by atoms with Crippen molar-refractivity contribution in [1.82, 2.24) is 0 Å². The zero-order valence-electron chi connectivity index (χ0n) is 54.4. The van der Waals surface area contributed by atoms with Crippen molar-refractivity contribution in [2.75, 3.05) is 47.5 Å². The van der Waals surface area contributed by atoms with Crippen LogP contribution in [-0.2, 0) is 32.7 Å². The Bertz CT molecular complexity index is 1350. The molecule has 0 rings (SSSR count). The van der Waals surface area contributed by atoms with E-state index in [0.717, 1.165) is 38.5 Å². The molecule has 10 heteroatoms. The standard InChI is InChI=1S/C70H138NO8P/c1-6-8-10-12-14-16-18-20-22-24-26-28-30-32-33-34-35-36-37-39-41-43-45-47-49-51-53-55-57-59-61-63-70(73)79-68(67-78-80(74,75)77-65-64-71(3,4)5)66-76-69(72)62-60-58-56-54-52-50-48-46-44-42-40-38-31-29-27-25-23-21-19-17-15-13-11-9-7-2/h24,26,68H,6-23,25,27-67H2,1-5H3/p+1/b26-24-. The predicted octanol–water partition coefficient (Wildman–Crippen LogP) is 22.7. The molecule has 0 aromatic carbocycles. The molecule has 0 amide bonds. The number of hydrogen-bond donors (Lipinski definition) is 1. The molecule has 0 fully saturated rings. The lowest BCUT2D eigenvalue weighted by atomic mass is 10.0. The Hall–Kier alpha value is -1.25. The Morgan fingerprint density at radius 2 is 0.637 bits per heavy atom. The van der Waals surface area contributed by atoms with Gasteiger partial charge in [-0.3, -0.25) is 18.6 Å². The quantitative estimate of drug-likeness (QED) is 0.0211. The van der Waals surface area contributed by atoms with E-state index < -0.39 is 26.5 Å². The molecule has 476 valence electrons. The number of allylic oxidation sites excluding steroid dienone is 2. The van der Waals surface area contributed by atoms with Crippen molar-refractivity contribution in [3.63, 3.8) is 0 Å². The van der Waals surface area contributed by atoms with Crippen LogP contribution in [0.25, 0.3) is 0 Å². The molecule has 1 N–H and O–H groups in total. The molecule has 0 aliphatic carbocycles. The highest BCUT2D eigenvalue weighted by molar-refractivity contribution is 7.47. The van der Waals surface area contributed by atoms with Gasteiger partial charge in [0.1, 0.15) is 19.8 Å². The van der Waals surface area contributed by atoms with E-state index in [1.807, 2.05) is 21.1 Å². The van der Waals surface area contributed by atoms with E-state index in [1.54, 1.807) is 0 Å². The molecule has 0 aliphatic rings. The van der Waals surface area contributed by atoms with E-state index in [4.69, 9.17) is 18.5 Å². The normalized spacial score (nSPS) is 13.1. The maximum Gasteiger partial charge on any atom is 0.472 e. The number of quaternary nitrogens is 1. The average molecular weight is 1150 g/mol. The van der Waals surface area contributed by atoms with Crippen molar-refractivity contribution in [1.29, 1.82) is 0 Å². The molecule has 0 heterocycles. The van der Waals surface area contributed by atoms with E-state index in [2.05, 4.69) is 26.0 Å². The van der Waals surface area contributed by atoms with Crippen molar-refractivity contribution in [2.45, 2.75) is 380 Å². The van der Waals surface area contributed by atoms with Gasteiger partial charge in [0.15, 0.2) is 6.10 Å². The maximum atomic E-state index is 12.9. The first kappa shape index (κ1) is 78.8. The highest BCUT2D eigenvalue weighted by atomic mass is 31.2. The second-order valence-corrected chi connectivity index (χ2v) is 27.1. The smallest absolute Gasteiger partial charge is 0.462 e. The molecule has 0 radical (unpaired) electrons. The number of carbonyl (C=O) groups excluding carboxylic acids is 2. The maximum absolute atomic E-state index is 12.9. The number of carbonyl (C=O) groups is 2. The van der Waals surface area contributed by atoms with Gasteiger partial charge in [0.2, 0.25) is 0 Å². The third-order valence-corrected chi connectivity index (χ3v) is 17.3. The highest BCUT2D eigenvalue weighted by Crippen LogP contribution is 2.43. The zero-order valence-corrected chi connectivity index (χ0v) is 55.3. The molecule has 2 unspecified atom stereocenters. The van der Waals surface area contributed by atoms with E-state index in [-0.39, 0.29) is 25.6 Å². The van der Waals surface area contributed by atoms with Gasteiger partial charge in [-0.25, -0.2) is 4.57 Å². The molecule has 0 aromatic heterocycles. The summed E-state index contributed by atoms with van der Waals surface area (Å²) in [5.74, 6) is -0.770. The topological polar surface area (TPSA) is 108 Å². The Morgan fingerprint density at radius 1 is 0.375 bits per heavy atom. The van der Waals surface area contributed by atoms with Gasteiger partial charge in [-0.1, -0.05) is 334 Å². The lowest BCUT2D eigenvalue weighted by Gasteiger charge is -2.24. The van der Waals surface area contributed by atoms with Gasteiger partial charge in [-0.15, -0.1) is 0 Å². The molecule has 0 aliphatic heterocycles. The van der Waals surface area contributed by atoms with Crippen molar-refractivity contribution < 1.29 is 42.1 Å². The first-order valence-corrected chi connectivity index (χ1v) is 36.9. The minimum atomic E-state index is -4.39. The Kier molecular flexibility index (Phi) is 61.3. The number of esters is 2. The lowest BCUT2D eigenvalue weighted by Crippen LogP contribution is -2.37. The molecular weight excluding hydrogens is 1010 g/mol. The number of rotatable bonds is 67. The third-order valence-electron chi connectivity index (χ3n) is 16.3. The van der Waals surface area contributed by atoms with Gasteiger partial charge in [0, 0.05) is 12.8 Å². The highest BCUT2D eigenvalue weighted by Gasteiger charge is 2.27. The first-order valence-electron chi connectivity index (χ1n) is 35.4. The van der Waals surface area contributed by atoms with Crippen molar-refractivity contribution in [3.05, 3.63) is 12.2 Å². The van der Waals surface area contributed by atoms with E-state index in [9.17, 15) is 19.0 Å². The molecule has 2 atom stereocenters. The number of phosphoric acid groups is 1. The summed E-state index contributed by atoms with van der Waals surface area (Å²) in [6.45, 7) is 4.52. The van der Waals surface area contributed by atoms with Crippen LogP contribution >= 0.6 is 7.82 Å². The average Bonchev–Trinajstić information content (AvgIpc) is 3.42. The second-order valence-electron chi connectivity index (χ2n) is 25.6. The van der Waals surface area contributed by atoms with Crippen LogP contribution in [0.4, 0.5) is 0 Å². The number of ether oxygens (including phenoxy) is 2. The van der Waals surface area contributed by atoms with Crippen molar-refractivity contribution in [2.24, 2.45) is 0 Å². The summed E-state index contributed by atoms with van der Waals surface area (Å²) < 4.78 is 34.7. The van der Waals surface area contributed by atoms with Gasteiger partial charge in [-0.2, -0.15) is 0 Å². The van der Waals surface area contributed by atoms with E-state index in [0.29, 0.717) is 17.4 Å². The van der Waals surface area contributed by atoms with Crippen molar-refractivity contribution >= 4 is 19.8 Å². The van der Waals surface area contributed by atoms with Gasteiger partial charge in [0.05, 0.1) is 27.7 Å². The summed E-state index contributed by atoms with van der Waals surface area (Å²) in [6, 6.07) is 0. The number of nitrogens with zero attached hydrogens (tertiary/aromatic N) is 1. The first-order chi connectivity index (χ1) is 39.0. The fourth-order valence-corrected chi connectivity index (χ4v) is 11.6. The van der Waals surface area contributed by atoms with Crippen LogP contribution in [-0.4, -0.2) is 74.9 Å². The molecular formula is C70H139NO8P+. The molecule has 80 heavy (non-hydrogen) atoms. The van der Waals surface area contributed by atoms with Crippen LogP contribution in [0.5, 0.6) is 0 Å². The molecule has 0 aromatic rings. The van der Waals surface area contributed by atoms with Crippen LogP contribution in [0, 0.1) is 0 Å². The molecule has 0 bridgehead atoms. The number of likely N-dealkylation sites (N-methyl/N-ethyl adjacent to an activating group) is 1. The van der Waals surface area contributed by atoms with Gasteiger partial charge >= 0.3 is 19.8 Å². The molecule has 0 saturated heterocycles. The van der Waals surface area contributed by atoms with Crippen LogP contribution in [0.3, 0.4) is 0 Å². The lowest BCUT2D eigenvalue weighted by molar-refractivity contribution is -0.870. The second kappa shape index (κ2) is 62.3. The number of hydrogen-bond acceptors (Lipinski definition) is 7. The fraction of sp³-hybridized carbons (Fsp3) is 0.943. The summed E-state index contributed by atoms with van der Waals surface area (Å²) in [5.41, 5.74) is 0. The summed E-state index contributed by atoms with van der Waals surface area (Å²) in [6.07, 6.45) is 76.1. The number of unbranched alkanes of at least 4 members (excludes halogenated alkanes) is 51. The van der Waals surface area contributed by atoms with Crippen LogP contribution in [0.15, 0.2) is 12.2 Å². The monoisotopic (exact) mass is 1150 g/mol. The largest absolute Gasteiger partial charge is 0.472 e. The van der Waals surface area contributed by atoms with Crippen molar-refractivity contribution in [3.8, 4) is 0 Å². The summed E-state index contributed by atoms with van der Waals surface area (Å²) >= 11 is 0. The minimum Gasteiger partial charge on any atom is -0.462 e. The zero-order chi connectivity index (χ0) is 58.4. The van der Waals surface area contributed by atoms with E-state index >= 15 is 0 Å². The Balaban J connectivity index is 3.97. The summed E-state index contributed by atoms with van der Waals surface area (Å²) in [5, 5.41) is 0. The van der Waals surface area contributed by atoms with E-state index in [1.165, 1.54) is 308 Å². The molecule has 9 nitrogen and oxygen atoms in total. The molecule has 0 spiro atoms. The van der Waals surface area contributed by atoms with Crippen LogP contribution in [0.2, 0.25) is 0 Å². The van der Waals surface area contributed by atoms with Crippen LogP contribution < -0.4 is 0 Å². The third kappa shape index (κ3) is 65.9. The minimum absolute atomic E-state index is 0.0367. The van der Waals surface area contributed by atoms with Gasteiger partial charge in [-0.05, 0) is 38.5 Å². The van der Waals surface area contributed by atoms with Crippen LogP contribution in [0.1, 0.15) is 373 Å². The predicted molar refractivity (Wildman–Crippen MR) is 345 cm³/mol. The fourth-order valence-electron chi connectivity index (χ4n) is 10.8. The Morgan fingerprint density at radius 3 is 0.925 bits per heavy atom. The Labute approximate surface area is 498 Å². The molecule has 0 saturated carbocycles. The number of phosphoric ester groups is 1. The van der Waals surface area contributed by atoms with Gasteiger partial charge < -0.3 is 18.9 Å². The SMILES string of the molecule is CCCCCCCCCC/C=C\CCCCCCCCCCCCCCCCCCCCCC(=O)OC(COC(=O)CCCCCCCCCCCCCCCCCCCCCCCCCCC)COP(=O)(O)OCC[N+](C)(C)C. The summed E-state index contributed by atoms with van der Waals surface area (Å²) in [7, 11) is 1.50. The van der Waals surface area contributed by atoms with Gasteiger partial charge in [0.25, 0.3) is 0 Å². The summed E-state index contributed by atoms with van der Waals surface area (Å²) in [4.78, 5) is 35.9.